The van der Waals surface area contributed by atoms with Gasteiger partial charge in [0.2, 0.25) is 0 Å². The van der Waals surface area contributed by atoms with Crippen LogP contribution in [0.4, 0.5) is 15.8 Å². The average molecular weight is 329 g/mol. The summed E-state index contributed by atoms with van der Waals surface area (Å²) in [5, 5.41) is 3.99. The smallest absolute Gasteiger partial charge is 0.173 e. The fraction of sp³-hybridized carbons (Fsp3) is 0.278. The molecule has 3 rings (SSSR count). The van der Waals surface area contributed by atoms with Crippen LogP contribution in [0, 0.1) is 12.7 Å². The minimum Gasteiger partial charge on any atom is -0.366 e. The van der Waals surface area contributed by atoms with Crippen molar-refractivity contribution < 1.29 is 4.39 Å². The zero-order valence-electron chi connectivity index (χ0n) is 13.1. The van der Waals surface area contributed by atoms with Crippen LogP contribution < -0.4 is 10.2 Å². The van der Waals surface area contributed by atoms with Gasteiger partial charge >= 0.3 is 0 Å². The molecule has 1 heterocycles. The topological polar surface area (TPSA) is 18.5 Å². The summed E-state index contributed by atoms with van der Waals surface area (Å²) in [7, 11) is 0. The predicted octanol–water partition coefficient (Wildman–Crippen LogP) is 3.65. The Hall–Kier alpha value is -2.14. The van der Waals surface area contributed by atoms with Crippen molar-refractivity contribution in [1.82, 2.24) is 4.90 Å². The molecule has 120 valence electrons. The van der Waals surface area contributed by atoms with E-state index in [2.05, 4.69) is 34.2 Å². The van der Waals surface area contributed by atoms with E-state index in [1.54, 1.807) is 6.07 Å². The van der Waals surface area contributed by atoms with Crippen LogP contribution in [0.1, 0.15) is 5.56 Å². The molecule has 0 bridgehead atoms. The molecule has 0 amide bonds. The molecule has 3 nitrogen and oxygen atoms in total. The SMILES string of the molecule is Cc1ccc(NC(=S)N2CCN(c3ccccc3F)CC2)cc1. The largest absolute Gasteiger partial charge is 0.366 e. The van der Waals surface area contributed by atoms with Crippen molar-refractivity contribution in [3.05, 3.63) is 59.9 Å². The molecular formula is C18H20FN3S. The van der Waals surface area contributed by atoms with Gasteiger partial charge in [0.15, 0.2) is 5.11 Å². The van der Waals surface area contributed by atoms with Gasteiger partial charge in [-0.3, -0.25) is 0 Å². The standard InChI is InChI=1S/C18H20FN3S/c1-14-6-8-15(9-7-14)20-18(23)22-12-10-21(11-13-22)17-5-3-2-4-16(17)19/h2-9H,10-13H2,1H3,(H,20,23). The number of hydrogen-bond acceptors (Lipinski definition) is 2. The van der Waals surface area contributed by atoms with Gasteiger partial charge in [0, 0.05) is 31.9 Å². The summed E-state index contributed by atoms with van der Waals surface area (Å²) in [6.45, 7) is 5.15. The molecule has 1 aliphatic rings. The van der Waals surface area contributed by atoms with Crippen molar-refractivity contribution in [2.45, 2.75) is 6.92 Å². The normalized spacial score (nSPS) is 14.7. The van der Waals surface area contributed by atoms with Gasteiger partial charge in [-0.15, -0.1) is 0 Å². The molecule has 1 N–H and O–H groups in total. The van der Waals surface area contributed by atoms with E-state index >= 15 is 0 Å². The molecule has 0 atom stereocenters. The van der Waals surface area contributed by atoms with Gasteiger partial charge < -0.3 is 15.1 Å². The van der Waals surface area contributed by atoms with E-state index in [0.717, 1.165) is 37.0 Å². The molecule has 5 heteroatoms. The second-order valence-corrected chi connectivity index (χ2v) is 6.11. The van der Waals surface area contributed by atoms with Crippen LogP contribution >= 0.6 is 12.2 Å². The molecule has 1 saturated heterocycles. The van der Waals surface area contributed by atoms with E-state index in [4.69, 9.17) is 12.2 Å². The molecular weight excluding hydrogens is 309 g/mol. The highest BCUT2D eigenvalue weighted by atomic mass is 32.1. The summed E-state index contributed by atoms with van der Waals surface area (Å²) in [6, 6.07) is 15.1. The Morgan fingerprint density at radius 3 is 2.30 bits per heavy atom. The maximum Gasteiger partial charge on any atom is 0.173 e. The third-order valence-corrected chi connectivity index (χ3v) is 4.42. The van der Waals surface area contributed by atoms with Gasteiger partial charge in [-0.25, -0.2) is 4.39 Å². The van der Waals surface area contributed by atoms with E-state index in [-0.39, 0.29) is 5.82 Å². The summed E-state index contributed by atoms with van der Waals surface area (Å²) < 4.78 is 13.9. The van der Waals surface area contributed by atoms with Crippen LogP contribution in [0.5, 0.6) is 0 Å². The molecule has 0 unspecified atom stereocenters. The van der Waals surface area contributed by atoms with E-state index in [1.165, 1.54) is 11.6 Å². The Balaban J connectivity index is 1.57. The lowest BCUT2D eigenvalue weighted by Gasteiger charge is -2.37. The van der Waals surface area contributed by atoms with Gasteiger partial charge in [-0.05, 0) is 43.4 Å². The first-order chi connectivity index (χ1) is 11.1. The first-order valence-corrected chi connectivity index (χ1v) is 8.16. The third-order valence-electron chi connectivity index (χ3n) is 4.06. The number of thiocarbonyl (C=S) groups is 1. The Labute approximate surface area is 141 Å². The van der Waals surface area contributed by atoms with Crippen molar-refractivity contribution >= 4 is 28.7 Å². The number of anilines is 2. The number of aryl methyl sites for hydroxylation is 1. The van der Waals surface area contributed by atoms with Gasteiger partial charge in [-0.1, -0.05) is 29.8 Å². The number of para-hydroxylation sites is 1. The monoisotopic (exact) mass is 329 g/mol. The maximum absolute atomic E-state index is 13.9. The van der Waals surface area contributed by atoms with E-state index in [0.29, 0.717) is 5.69 Å². The summed E-state index contributed by atoms with van der Waals surface area (Å²) in [4.78, 5) is 4.20. The molecule has 1 fully saturated rings. The quantitative estimate of drug-likeness (QED) is 0.847. The number of piperazine rings is 1. The molecule has 0 aliphatic carbocycles. The van der Waals surface area contributed by atoms with E-state index in [9.17, 15) is 4.39 Å². The zero-order chi connectivity index (χ0) is 16.2. The summed E-state index contributed by atoms with van der Waals surface area (Å²) in [5.41, 5.74) is 2.89. The van der Waals surface area contributed by atoms with Crippen molar-refractivity contribution in [3.8, 4) is 0 Å². The Morgan fingerprint density at radius 1 is 1.00 bits per heavy atom. The van der Waals surface area contributed by atoms with Crippen LogP contribution in [-0.4, -0.2) is 36.2 Å². The number of hydrogen-bond donors (Lipinski definition) is 1. The number of rotatable bonds is 2. The minimum absolute atomic E-state index is 0.165. The van der Waals surface area contributed by atoms with Crippen LogP contribution in [0.2, 0.25) is 0 Å². The highest BCUT2D eigenvalue weighted by Gasteiger charge is 2.20. The Morgan fingerprint density at radius 2 is 1.65 bits per heavy atom. The minimum atomic E-state index is -0.165. The Bertz CT molecular complexity index is 679. The first-order valence-electron chi connectivity index (χ1n) is 7.75. The van der Waals surface area contributed by atoms with Gasteiger partial charge in [0.1, 0.15) is 5.82 Å². The average Bonchev–Trinajstić information content (AvgIpc) is 2.57. The number of nitrogens with zero attached hydrogens (tertiary/aromatic N) is 2. The van der Waals surface area contributed by atoms with Crippen molar-refractivity contribution in [1.29, 1.82) is 0 Å². The lowest BCUT2D eigenvalue weighted by atomic mass is 10.2. The van der Waals surface area contributed by atoms with Crippen LogP contribution in [0.3, 0.4) is 0 Å². The van der Waals surface area contributed by atoms with Gasteiger partial charge in [0.25, 0.3) is 0 Å². The zero-order valence-corrected chi connectivity index (χ0v) is 13.9. The third kappa shape index (κ3) is 3.79. The highest BCUT2D eigenvalue weighted by molar-refractivity contribution is 7.80. The molecule has 0 aromatic heterocycles. The lowest BCUT2D eigenvalue weighted by molar-refractivity contribution is 0.388. The van der Waals surface area contributed by atoms with Gasteiger partial charge in [0.05, 0.1) is 5.69 Å². The molecule has 1 aliphatic heterocycles. The van der Waals surface area contributed by atoms with E-state index in [1.807, 2.05) is 24.3 Å². The number of nitrogens with one attached hydrogen (secondary N) is 1. The fourth-order valence-electron chi connectivity index (χ4n) is 2.70. The Kier molecular flexibility index (Phi) is 4.76. The second kappa shape index (κ2) is 6.96. The maximum atomic E-state index is 13.9. The van der Waals surface area contributed by atoms with Crippen LogP contribution in [-0.2, 0) is 0 Å². The number of benzene rings is 2. The van der Waals surface area contributed by atoms with Crippen molar-refractivity contribution in [2.75, 3.05) is 36.4 Å². The lowest BCUT2D eigenvalue weighted by Crippen LogP contribution is -2.50. The van der Waals surface area contributed by atoms with Gasteiger partial charge in [-0.2, -0.15) is 0 Å². The molecule has 23 heavy (non-hydrogen) atoms. The summed E-state index contributed by atoms with van der Waals surface area (Å²) in [6.07, 6.45) is 0. The highest BCUT2D eigenvalue weighted by Crippen LogP contribution is 2.20. The second-order valence-electron chi connectivity index (χ2n) is 5.72. The van der Waals surface area contributed by atoms with Crippen LogP contribution in [0.15, 0.2) is 48.5 Å². The fourth-order valence-corrected chi connectivity index (χ4v) is 3.00. The molecule has 0 spiro atoms. The molecule has 2 aromatic rings. The predicted molar refractivity (Wildman–Crippen MR) is 97.6 cm³/mol. The summed E-state index contributed by atoms with van der Waals surface area (Å²) >= 11 is 5.49. The van der Waals surface area contributed by atoms with Crippen molar-refractivity contribution in [3.63, 3.8) is 0 Å². The van der Waals surface area contributed by atoms with Crippen LogP contribution in [0.25, 0.3) is 0 Å². The molecule has 2 aromatic carbocycles. The molecule has 0 radical (unpaired) electrons. The van der Waals surface area contributed by atoms with Crippen molar-refractivity contribution in [2.24, 2.45) is 0 Å². The molecule has 0 saturated carbocycles. The number of halogens is 1. The van der Waals surface area contributed by atoms with E-state index < -0.39 is 0 Å². The first kappa shape index (κ1) is 15.7. The summed E-state index contributed by atoms with van der Waals surface area (Å²) in [5.74, 6) is -0.165.